The number of methoxy groups -OCH3 is 1. The largest absolute Gasteiger partial charge is 0.495 e. The lowest BCUT2D eigenvalue weighted by Crippen LogP contribution is -2.41. The van der Waals surface area contributed by atoms with Gasteiger partial charge in [-0.3, -0.25) is 9.10 Å². The van der Waals surface area contributed by atoms with E-state index in [4.69, 9.17) is 25.8 Å². The first-order chi connectivity index (χ1) is 16.8. The van der Waals surface area contributed by atoms with Crippen LogP contribution in [0.4, 0.5) is 5.69 Å². The van der Waals surface area contributed by atoms with Gasteiger partial charge >= 0.3 is 0 Å². The van der Waals surface area contributed by atoms with Crippen LogP contribution in [0, 0.1) is 0 Å². The average Bonchev–Trinajstić information content (AvgIpc) is 2.87. The van der Waals surface area contributed by atoms with Crippen molar-refractivity contribution in [3.63, 3.8) is 0 Å². The van der Waals surface area contributed by atoms with Crippen molar-refractivity contribution < 1.29 is 27.4 Å². The van der Waals surface area contributed by atoms with Crippen molar-refractivity contribution in [2.45, 2.75) is 17.9 Å². The number of anilines is 1. The van der Waals surface area contributed by atoms with Gasteiger partial charge in [0.25, 0.3) is 10.0 Å². The molecule has 1 N–H and O–H groups in total. The highest BCUT2D eigenvalue weighted by Gasteiger charge is 2.28. The lowest BCUT2D eigenvalue weighted by molar-refractivity contribution is -0.120. The Morgan fingerprint density at radius 2 is 1.77 bits per heavy atom. The van der Waals surface area contributed by atoms with Crippen LogP contribution < -0.4 is 23.8 Å². The minimum Gasteiger partial charge on any atom is -0.495 e. The van der Waals surface area contributed by atoms with E-state index in [0.29, 0.717) is 30.5 Å². The van der Waals surface area contributed by atoms with Crippen LogP contribution in [0.5, 0.6) is 17.2 Å². The molecule has 10 heteroatoms. The number of nitrogens with one attached hydrogen (secondary N) is 1. The number of hydrogen-bond acceptors (Lipinski definition) is 6. The fraction of sp³-hybridized carbons (Fsp3) is 0.240. The highest BCUT2D eigenvalue weighted by Crippen LogP contribution is 2.33. The van der Waals surface area contributed by atoms with Gasteiger partial charge in [-0.05, 0) is 55.0 Å². The van der Waals surface area contributed by atoms with Crippen LogP contribution in [0.15, 0.2) is 71.6 Å². The van der Waals surface area contributed by atoms with Gasteiger partial charge in [-0.15, -0.1) is 0 Å². The summed E-state index contributed by atoms with van der Waals surface area (Å²) < 4.78 is 44.3. The molecule has 1 amide bonds. The summed E-state index contributed by atoms with van der Waals surface area (Å²) in [6, 6.07) is 17.5. The number of rotatable bonds is 8. The van der Waals surface area contributed by atoms with Crippen molar-refractivity contribution in [2.24, 2.45) is 0 Å². The second-order valence-corrected chi connectivity index (χ2v) is 10.1. The standard InChI is InChI=1S/C25H25ClN2O6S/c1-17(18-8-10-23-24(14-18)34-13-12-33-23)27-25(29)16-28(19-9-11-22(32-2)21(26)15-19)35(30,31)20-6-4-3-5-7-20/h3-11,14-15,17H,12-13,16H2,1-2H3,(H,27,29). The molecule has 0 saturated carbocycles. The van der Waals surface area contributed by atoms with Crippen LogP contribution in [0.25, 0.3) is 0 Å². The van der Waals surface area contributed by atoms with Crippen LogP contribution in [0.3, 0.4) is 0 Å². The van der Waals surface area contributed by atoms with Gasteiger partial charge in [-0.2, -0.15) is 0 Å². The summed E-state index contributed by atoms with van der Waals surface area (Å²) in [5.41, 5.74) is 1.04. The molecule has 1 atom stereocenters. The minimum absolute atomic E-state index is 0.0552. The number of benzene rings is 3. The number of fused-ring (bicyclic) bond motifs is 1. The Bertz CT molecular complexity index is 1320. The summed E-state index contributed by atoms with van der Waals surface area (Å²) in [5, 5.41) is 3.09. The predicted octanol–water partition coefficient (Wildman–Crippen LogP) is 4.19. The van der Waals surface area contributed by atoms with E-state index in [9.17, 15) is 13.2 Å². The molecule has 0 aliphatic carbocycles. The van der Waals surface area contributed by atoms with Crippen molar-refractivity contribution in [1.82, 2.24) is 5.32 Å². The number of ether oxygens (including phenoxy) is 3. The SMILES string of the molecule is COc1ccc(N(CC(=O)NC(C)c2ccc3c(c2)OCCO3)S(=O)(=O)c2ccccc2)cc1Cl. The molecule has 1 aliphatic heterocycles. The summed E-state index contributed by atoms with van der Waals surface area (Å²) in [5.74, 6) is 1.16. The molecule has 35 heavy (non-hydrogen) atoms. The van der Waals surface area contributed by atoms with Crippen molar-refractivity contribution in [3.8, 4) is 17.2 Å². The van der Waals surface area contributed by atoms with Gasteiger partial charge in [-0.1, -0.05) is 35.9 Å². The number of nitrogens with zero attached hydrogens (tertiary/aromatic N) is 1. The highest BCUT2D eigenvalue weighted by atomic mass is 35.5. The van der Waals surface area contributed by atoms with Gasteiger partial charge in [-0.25, -0.2) is 8.42 Å². The van der Waals surface area contributed by atoms with Crippen LogP contribution in [0.1, 0.15) is 18.5 Å². The molecular weight excluding hydrogens is 492 g/mol. The third kappa shape index (κ3) is 5.47. The van der Waals surface area contributed by atoms with Crippen LogP contribution >= 0.6 is 11.6 Å². The van der Waals surface area contributed by atoms with E-state index in [-0.39, 0.29) is 15.6 Å². The number of sulfonamides is 1. The zero-order valence-corrected chi connectivity index (χ0v) is 20.8. The van der Waals surface area contributed by atoms with E-state index in [1.54, 1.807) is 42.5 Å². The molecule has 4 rings (SSSR count). The van der Waals surface area contributed by atoms with Crippen molar-refractivity contribution in [1.29, 1.82) is 0 Å². The van der Waals surface area contributed by atoms with Gasteiger partial charge in [0.1, 0.15) is 25.5 Å². The number of hydrogen-bond donors (Lipinski definition) is 1. The summed E-state index contributed by atoms with van der Waals surface area (Å²) in [6.07, 6.45) is 0. The molecule has 1 heterocycles. The highest BCUT2D eigenvalue weighted by molar-refractivity contribution is 7.92. The Morgan fingerprint density at radius 3 is 2.46 bits per heavy atom. The molecule has 184 valence electrons. The van der Waals surface area contributed by atoms with Crippen molar-refractivity contribution >= 4 is 33.2 Å². The maximum atomic E-state index is 13.5. The molecule has 3 aromatic rings. The number of halogens is 1. The van der Waals surface area contributed by atoms with Crippen molar-refractivity contribution in [2.75, 3.05) is 31.2 Å². The Hall–Kier alpha value is -3.43. The van der Waals surface area contributed by atoms with E-state index in [0.717, 1.165) is 9.87 Å². The fourth-order valence-corrected chi connectivity index (χ4v) is 5.36. The fourth-order valence-electron chi connectivity index (χ4n) is 3.68. The monoisotopic (exact) mass is 516 g/mol. The second kappa shape index (κ2) is 10.5. The Morgan fingerprint density at radius 1 is 1.06 bits per heavy atom. The number of carbonyl (C=O) groups is 1. The van der Waals surface area contributed by atoms with Gasteiger partial charge < -0.3 is 19.5 Å². The third-order valence-electron chi connectivity index (χ3n) is 5.49. The smallest absolute Gasteiger partial charge is 0.264 e. The molecular formula is C25H25ClN2O6S. The average molecular weight is 517 g/mol. The second-order valence-electron chi connectivity index (χ2n) is 7.84. The Balaban J connectivity index is 1.59. The number of amides is 1. The van der Waals surface area contributed by atoms with E-state index in [1.165, 1.54) is 25.3 Å². The van der Waals surface area contributed by atoms with Gasteiger partial charge in [0.05, 0.1) is 28.8 Å². The lowest BCUT2D eigenvalue weighted by atomic mass is 10.1. The minimum atomic E-state index is -4.06. The molecule has 0 spiro atoms. The summed E-state index contributed by atoms with van der Waals surface area (Å²) >= 11 is 6.26. The van der Waals surface area contributed by atoms with Gasteiger partial charge in [0.15, 0.2) is 11.5 Å². The van der Waals surface area contributed by atoms with Gasteiger partial charge in [0, 0.05) is 0 Å². The molecule has 0 saturated heterocycles. The normalized spacial score (nSPS) is 13.6. The Kier molecular flexibility index (Phi) is 7.37. The third-order valence-corrected chi connectivity index (χ3v) is 7.57. The van der Waals surface area contributed by atoms with Crippen LogP contribution in [-0.2, 0) is 14.8 Å². The zero-order valence-electron chi connectivity index (χ0n) is 19.2. The Labute approximate surface area is 209 Å². The van der Waals surface area contributed by atoms with Crippen LogP contribution in [-0.4, -0.2) is 41.2 Å². The molecule has 1 aliphatic rings. The molecule has 0 aromatic heterocycles. The summed E-state index contributed by atoms with van der Waals surface area (Å²) in [4.78, 5) is 13.1. The first-order valence-electron chi connectivity index (χ1n) is 10.9. The first kappa shape index (κ1) is 24.7. The van der Waals surface area contributed by atoms with Gasteiger partial charge in [0.2, 0.25) is 5.91 Å². The van der Waals surface area contributed by atoms with E-state index in [1.807, 2.05) is 13.0 Å². The van der Waals surface area contributed by atoms with Crippen molar-refractivity contribution in [3.05, 3.63) is 77.3 Å². The molecule has 3 aromatic carbocycles. The van der Waals surface area contributed by atoms with E-state index < -0.39 is 28.5 Å². The van der Waals surface area contributed by atoms with Crippen LogP contribution in [0.2, 0.25) is 5.02 Å². The quantitative estimate of drug-likeness (QED) is 0.482. The molecule has 1 unspecified atom stereocenters. The predicted molar refractivity (Wildman–Crippen MR) is 133 cm³/mol. The molecule has 8 nitrogen and oxygen atoms in total. The summed E-state index contributed by atoms with van der Waals surface area (Å²) in [6.45, 7) is 2.30. The summed E-state index contributed by atoms with van der Waals surface area (Å²) in [7, 11) is -2.60. The maximum Gasteiger partial charge on any atom is 0.264 e. The molecule has 0 bridgehead atoms. The number of carbonyl (C=O) groups excluding carboxylic acids is 1. The first-order valence-corrected chi connectivity index (χ1v) is 12.7. The lowest BCUT2D eigenvalue weighted by Gasteiger charge is -2.26. The van der Waals surface area contributed by atoms with E-state index >= 15 is 0 Å². The topological polar surface area (TPSA) is 94.2 Å². The van der Waals surface area contributed by atoms with E-state index in [2.05, 4.69) is 5.32 Å². The zero-order chi connectivity index (χ0) is 25.0. The molecule has 0 radical (unpaired) electrons. The maximum absolute atomic E-state index is 13.5. The molecule has 0 fully saturated rings.